The molecule has 0 unspecified atom stereocenters. The number of piperidine rings is 1. The Morgan fingerprint density at radius 3 is 2.54 bits per heavy atom. The van der Waals surface area contributed by atoms with E-state index in [-0.39, 0.29) is 11.9 Å². The van der Waals surface area contributed by atoms with Crippen LogP contribution in [-0.4, -0.2) is 43.2 Å². The van der Waals surface area contributed by atoms with Gasteiger partial charge in [-0.05, 0) is 43.4 Å². The van der Waals surface area contributed by atoms with Gasteiger partial charge < -0.3 is 14.8 Å². The summed E-state index contributed by atoms with van der Waals surface area (Å²) in [4.78, 5) is 15.6. The van der Waals surface area contributed by atoms with Crippen LogP contribution >= 0.6 is 0 Å². The van der Waals surface area contributed by atoms with Crippen LogP contribution in [0.1, 0.15) is 41.6 Å². The van der Waals surface area contributed by atoms with Crippen LogP contribution in [0.2, 0.25) is 0 Å². The predicted molar refractivity (Wildman–Crippen MR) is 109 cm³/mol. The Labute approximate surface area is 166 Å². The molecule has 2 heterocycles. The number of hydrogen-bond acceptors (Lipinski definition) is 4. The number of carbonyl (C=O) groups is 1. The van der Waals surface area contributed by atoms with E-state index in [9.17, 15) is 4.79 Å². The lowest BCUT2D eigenvalue weighted by atomic mass is 9.96. The van der Waals surface area contributed by atoms with Crippen LogP contribution in [0.25, 0.3) is 0 Å². The summed E-state index contributed by atoms with van der Waals surface area (Å²) in [5, 5.41) is 3.29. The van der Waals surface area contributed by atoms with E-state index in [2.05, 4.69) is 40.5 Å². The summed E-state index contributed by atoms with van der Waals surface area (Å²) >= 11 is 0. The molecule has 28 heavy (non-hydrogen) atoms. The van der Waals surface area contributed by atoms with Crippen molar-refractivity contribution >= 4 is 5.91 Å². The molecule has 4 rings (SSSR count). The van der Waals surface area contributed by atoms with Crippen molar-refractivity contribution in [2.45, 2.75) is 50.4 Å². The fraction of sp³-hybridized carbons (Fsp3) is 0.435. The number of nitrogens with zero attached hydrogens (tertiary/aromatic N) is 1. The highest BCUT2D eigenvalue weighted by Gasteiger charge is 2.42. The van der Waals surface area contributed by atoms with Gasteiger partial charge in [-0.1, -0.05) is 36.4 Å². The molecule has 0 aliphatic carbocycles. The fourth-order valence-electron chi connectivity index (χ4n) is 4.79. The number of hydrogen-bond donors (Lipinski definition) is 1. The number of carbonyl (C=O) groups excluding carboxylic acids is 1. The second-order valence-corrected chi connectivity index (χ2v) is 7.65. The second-order valence-electron chi connectivity index (χ2n) is 7.65. The molecular formula is C23H28N2O3. The molecule has 2 fully saturated rings. The van der Waals surface area contributed by atoms with Gasteiger partial charge in [-0.25, -0.2) is 0 Å². The summed E-state index contributed by atoms with van der Waals surface area (Å²) in [7, 11) is 3.15. The van der Waals surface area contributed by atoms with Crippen molar-refractivity contribution in [3.63, 3.8) is 0 Å². The number of ether oxygens (including phenoxy) is 2. The number of nitrogens with one attached hydrogen (secondary N) is 1. The van der Waals surface area contributed by atoms with Crippen molar-refractivity contribution in [2.75, 3.05) is 14.2 Å². The van der Waals surface area contributed by atoms with Crippen LogP contribution in [0, 0.1) is 0 Å². The molecule has 0 saturated carbocycles. The molecule has 5 nitrogen and oxygen atoms in total. The zero-order chi connectivity index (χ0) is 19.5. The summed E-state index contributed by atoms with van der Waals surface area (Å²) in [6.07, 6.45) is 4.51. The monoisotopic (exact) mass is 380 g/mol. The van der Waals surface area contributed by atoms with Crippen molar-refractivity contribution in [1.82, 2.24) is 10.2 Å². The minimum absolute atomic E-state index is 0.0919. The number of amides is 1. The van der Waals surface area contributed by atoms with E-state index in [1.807, 2.05) is 6.07 Å². The lowest BCUT2D eigenvalue weighted by Crippen LogP contribution is -2.54. The Hall–Kier alpha value is -2.53. The second kappa shape index (κ2) is 8.23. The number of benzene rings is 2. The minimum Gasteiger partial charge on any atom is -0.493 e. The first-order chi connectivity index (χ1) is 13.7. The van der Waals surface area contributed by atoms with Gasteiger partial charge in [0.2, 0.25) is 0 Å². The quantitative estimate of drug-likeness (QED) is 0.831. The van der Waals surface area contributed by atoms with Crippen LogP contribution in [0.15, 0.2) is 48.5 Å². The average Bonchev–Trinajstić information content (AvgIpc) is 3.00. The van der Waals surface area contributed by atoms with Gasteiger partial charge in [-0.15, -0.1) is 0 Å². The van der Waals surface area contributed by atoms with E-state index < -0.39 is 0 Å². The maximum absolute atomic E-state index is 13.0. The maximum Gasteiger partial charge on any atom is 0.255 e. The molecular weight excluding hydrogens is 352 g/mol. The molecule has 5 heteroatoms. The fourth-order valence-corrected chi connectivity index (χ4v) is 4.79. The van der Waals surface area contributed by atoms with Crippen LogP contribution in [0.3, 0.4) is 0 Å². The molecule has 0 radical (unpaired) electrons. The first kappa shape index (κ1) is 18.8. The highest BCUT2D eigenvalue weighted by Crippen LogP contribution is 2.37. The number of fused-ring (bicyclic) bond motifs is 2. The Balaban J connectivity index is 1.50. The van der Waals surface area contributed by atoms with E-state index in [0.29, 0.717) is 29.1 Å². The van der Waals surface area contributed by atoms with E-state index in [1.54, 1.807) is 26.4 Å². The molecule has 1 amide bonds. The lowest BCUT2D eigenvalue weighted by Gasteiger charge is -2.40. The zero-order valence-corrected chi connectivity index (χ0v) is 16.6. The molecule has 2 aromatic carbocycles. The normalized spacial score (nSPS) is 24.0. The standard InChI is InChI=1S/C23H28N2O3/c1-27-21-10-6-9-18(22(21)28-2)23(26)24-19-13-11-17-12-14-20(19)25(17)15-16-7-4-3-5-8-16/h3-10,17,19-20H,11-15H2,1-2H3,(H,24,26)/t17-,19+,20-/m1/s1. The van der Waals surface area contributed by atoms with Crippen LogP contribution in [0.5, 0.6) is 11.5 Å². The molecule has 2 aliphatic rings. The van der Waals surface area contributed by atoms with Crippen LogP contribution < -0.4 is 14.8 Å². The number of rotatable bonds is 6. The maximum atomic E-state index is 13.0. The molecule has 0 aromatic heterocycles. The van der Waals surface area contributed by atoms with Gasteiger partial charge in [-0.2, -0.15) is 0 Å². The van der Waals surface area contributed by atoms with Crippen molar-refractivity contribution in [1.29, 1.82) is 0 Å². The third-order valence-corrected chi connectivity index (χ3v) is 6.14. The first-order valence-electron chi connectivity index (χ1n) is 10.0. The highest BCUT2D eigenvalue weighted by molar-refractivity contribution is 5.98. The summed E-state index contributed by atoms with van der Waals surface area (Å²) in [5.41, 5.74) is 1.86. The third-order valence-electron chi connectivity index (χ3n) is 6.14. The Morgan fingerprint density at radius 2 is 1.79 bits per heavy atom. The van der Waals surface area contributed by atoms with Gasteiger partial charge in [0.1, 0.15) is 0 Å². The predicted octanol–water partition coefficient (Wildman–Crippen LogP) is 3.63. The molecule has 3 atom stereocenters. The van der Waals surface area contributed by atoms with Crippen molar-refractivity contribution in [2.24, 2.45) is 0 Å². The van der Waals surface area contributed by atoms with Crippen LogP contribution in [0.4, 0.5) is 0 Å². The van der Waals surface area contributed by atoms with Gasteiger partial charge >= 0.3 is 0 Å². The van der Waals surface area contributed by atoms with E-state index in [1.165, 1.54) is 12.0 Å². The molecule has 1 N–H and O–H groups in total. The molecule has 2 saturated heterocycles. The molecule has 2 aromatic rings. The van der Waals surface area contributed by atoms with Crippen molar-refractivity contribution in [3.8, 4) is 11.5 Å². The highest BCUT2D eigenvalue weighted by atomic mass is 16.5. The number of para-hydroxylation sites is 1. The molecule has 2 bridgehead atoms. The average molecular weight is 380 g/mol. The SMILES string of the molecule is COc1cccc(C(=O)N[C@H]2CC[C@@H]3CC[C@H]2N3Cc2ccccc2)c1OC. The van der Waals surface area contributed by atoms with Gasteiger partial charge in [0, 0.05) is 24.7 Å². The van der Waals surface area contributed by atoms with E-state index >= 15 is 0 Å². The third kappa shape index (κ3) is 3.59. The van der Waals surface area contributed by atoms with Crippen LogP contribution in [-0.2, 0) is 6.54 Å². The summed E-state index contributed by atoms with van der Waals surface area (Å²) in [6, 6.07) is 17.2. The number of methoxy groups -OCH3 is 2. The van der Waals surface area contributed by atoms with E-state index in [0.717, 1.165) is 25.8 Å². The topological polar surface area (TPSA) is 50.8 Å². The van der Waals surface area contributed by atoms with Gasteiger partial charge in [-0.3, -0.25) is 9.69 Å². The lowest BCUT2D eigenvalue weighted by molar-refractivity contribution is 0.0774. The van der Waals surface area contributed by atoms with Gasteiger partial charge in [0.25, 0.3) is 5.91 Å². The smallest absolute Gasteiger partial charge is 0.255 e. The zero-order valence-electron chi connectivity index (χ0n) is 16.6. The Kier molecular flexibility index (Phi) is 5.53. The minimum atomic E-state index is -0.0919. The largest absolute Gasteiger partial charge is 0.493 e. The Bertz CT molecular complexity index is 824. The Morgan fingerprint density at radius 1 is 1.00 bits per heavy atom. The summed E-state index contributed by atoms with van der Waals surface area (Å²) in [5.74, 6) is 0.972. The molecule has 148 valence electrons. The molecule has 0 spiro atoms. The first-order valence-corrected chi connectivity index (χ1v) is 10.0. The summed E-state index contributed by atoms with van der Waals surface area (Å²) < 4.78 is 10.8. The van der Waals surface area contributed by atoms with Crippen molar-refractivity contribution in [3.05, 3.63) is 59.7 Å². The van der Waals surface area contributed by atoms with Crippen molar-refractivity contribution < 1.29 is 14.3 Å². The molecule has 2 aliphatic heterocycles. The van der Waals surface area contributed by atoms with Gasteiger partial charge in [0.15, 0.2) is 11.5 Å². The van der Waals surface area contributed by atoms with E-state index in [4.69, 9.17) is 9.47 Å². The van der Waals surface area contributed by atoms with Gasteiger partial charge in [0.05, 0.1) is 19.8 Å². The summed E-state index contributed by atoms with van der Waals surface area (Å²) in [6.45, 7) is 0.949.